The van der Waals surface area contributed by atoms with Crippen LogP contribution in [-0.4, -0.2) is 34.4 Å². The Bertz CT molecular complexity index is 190. The van der Waals surface area contributed by atoms with Gasteiger partial charge in [0.25, 0.3) is 0 Å². The number of aliphatic hydroxyl groups is 1. The Morgan fingerprint density at radius 1 is 1.43 bits per heavy atom. The zero-order valence-electron chi connectivity index (χ0n) is 9.37. The number of carboxylic acids is 1. The van der Waals surface area contributed by atoms with Gasteiger partial charge >= 0.3 is 5.97 Å². The van der Waals surface area contributed by atoms with E-state index in [0.29, 0.717) is 5.92 Å². The average Bonchev–Trinajstić information content (AvgIpc) is 1.99. The summed E-state index contributed by atoms with van der Waals surface area (Å²) >= 11 is 0. The van der Waals surface area contributed by atoms with E-state index in [9.17, 15) is 9.90 Å². The van der Waals surface area contributed by atoms with Crippen LogP contribution in [0, 0.1) is 5.92 Å². The largest absolute Gasteiger partial charge is 0.479 e. The molecule has 0 amide bonds. The van der Waals surface area contributed by atoms with Crippen molar-refractivity contribution < 1.29 is 15.0 Å². The SMILES string of the molecule is CC(C)CC(C)NCC(C)(O)C(=O)O. The lowest BCUT2D eigenvalue weighted by Crippen LogP contribution is -2.47. The van der Waals surface area contributed by atoms with Gasteiger partial charge < -0.3 is 15.5 Å². The second-order valence-corrected chi connectivity index (χ2v) is 4.49. The van der Waals surface area contributed by atoms with Gasteiger partial charge in [0.2, 0.25) is 0 Å². The van der Waals surface area contributed by atoms with Crippen molar-refractivity contribution in [2.24, 2.45) is 5.92 Å². The molecular formula is C10H21NO3. The van der Waals surface area contributed by atoms with Crippen LogP contribution in [0.15, 0.2) is 0 Å². The molecule has 0 heterocycles. The molecule has 84 valence electrons. The molecule has 2 unspecified atom stereocenters. The minimum Gasteiger partial charge on any atom is -0.479 e. The second kappa shape index (κ2) is 5.32. The van der Waals surface area contributed by atoms with Gasteiger partial charge in [0, 0.05) is 12.6 Å². The molecule has 0 saturated carbocycles. The molecule has 0 radical (unpaired) electrons. The molecule has 0 aliphatic heterocycles. The lowest BCUT2D eigenvalue weighted by molar-refractivity contribution is -0.156. The van der Waals surface area contributed by atoms with Gasteiger partial charge in [-0.05, 0) is 26.2 Å². The molecular weight excluding hydrogens is 182 g/mol. The average molecular weight is 203 g/mol. The summed E-state index contributed by atoms with van der Waals surface area (Å²) in [6.07, 6.45) is 0.968. The first-order valence-corrected chi connectivity index (χ1v) is 4.95. The highest BCUT2D eigenvalue weighted by molar-refractivity contribution is 5.76. The number of carbonyl (C=O) groups is 1. The van der Waals surface area contributed by atoms with Gasteiger partial charge in [-0.15, -0.1) is 0 Å². The summed E-state index contributed by atoms with van der Waals surface area (Å²) in [6, 6.07) is 0.223. The number of hydrogen-bond acceptors (Lipinski definition) is 3. The molecule has 0 spiro atoms. The van der Waals surface area contributed by atoms with Gasteiger partial charge in [-0.25, -0.2) is 4.79 Å². The Balaban J connectivity index is 3.87. The fourth-order valence-corrected chi connectivity index (χ4v) is 1.24. The monoisotopic (exact) mass is 203 g/mol. The fourth-order valence-electron chi connectivity index (χ4n) is 1.24. The van der Waals surface area contributed by atoms with E-state index >= 15 is 0 Å². The molecule has 4 nitrogen and oxygen atoms in total. The number of hydrogen-bond donors (Lipinski definition) is 3. The summed E-state index contributed by atoms with van der Waals surface area (Å²) in [5.41, 5.74) is -1.68. The fraction of sp³-hybridized carbons (Fsp3) is 0.900. The molecule has 4 heteroatoms. The Labute approximate surface area is 85.3 Å². The third kappa shape index (κ3) is 5.19. The minimum absolute atomic E-state index is 0.0796. The van der Waals surface area contributed by atoms with Crippen LogP contribution in [0.25, 0.3) is 0 Å². The van der Waals surface area contributed by atoms with Crippen molar-refractivity contribution in [2.45, 2.75) is 45.8 Å². The molecule has 0 aromatic heterocycles. The van der Waals surface area contributed by atoms with E-state index in [1.807, 2.05) is 6.92 Å². The molecule has 14 heavy (non-hydrogen) atoms. The number of carboxylic acid groups (broad SMARTS) is 1. The summed E-state index contributed by atoms with van der Waals surface area (Å²) in [5, 5.41) is 21.1. The summed E-state index contributed by atoms with van der Waals surface area (Å²) in [4.78, 5) is 10.6. The third-order valence-electron chi connectivity index (χ3n) is 2.08. The van der Waals surface area contributed by atoms with E-state index in [2.05, 4.69) is 19.2 Å². The van der Waals surface area contributed by atoms with Gasteiger partial charge in [0.15, 0.2) is 5.60 Å². The first kappa shape index (κ1) is 13.4. The maximum Gasteiger partial charge on any atom is 0.336 e. The lowest BCUT2D eigenvalue weighted by atomic mass is 10.0. The van der Waals surface area contributed by atoms with E-state index in [-0.39, 0.29) is 12.6 Å². The van der Waals surface area contributed by atoms with Crippen LogP contribution in [-0.2, 0) is 4.79 Å². The lowest BCUT2D eigenvalue weighted by Gasteiger charge is -2.22. The highest BCUT2D eigenvalue weighted by Gasteiger charge is 2.29. The molecule has 0 bridgehead atoms. The van der Waals surface area contributed by atoms with Crippen LogP contribution in [0.5, 0.6) is 0 Å². The zero-order chi connectivity index (χ0) is 11.4. The zero-order valence-corrected chi connectivity index (χ0v) is 9.37. The van der Waals surface area contributed by atoms with Crippen LogP contribution in [0.3, 0.4) is 0 Å². The van der Waals surface area contributed by atoms with Crippen LogP contribution in [0.4, 0.5) is 0 Å². The molecule has 3 N–H and O–H groups in total. The third-order valence-corrected chi connectivity index (χ3v) is 2.08. The van der Waals surface area contributed by atoms with Gasteiger partial charge in [0.05, 0.1) is 0 Å². The van der Waals surface area contributed by atoms with Gasteiger partial charge in [0.1, 0.15) is 0 Å². The van der Waals surface area contributed by atoms with Crippen molar-refractivity contribution in [1.29, 1.82) is 0 Å². The van der Waals surface area contributed by atoms with Gasteiger partial charge in [-0.3, -0.25) is 0 Å². The highest BCUT2D eigenvalue weighted by Crippen LogP contribution is 2.06. The standard InChI is InChI=1S/C10H21NO3/c1-7(2)5-8(3)11-6-10(4,14)9(12)13/h7-8,11,14H,5-6H2,1-4H3,(H,12,13). The van der Waals surface area contributed by atoms with Crippen LogP contribution in [0.1, 0.15) is 34.1 Å². The summed E-state index contributed by atoms with van der Waals surface area (Å²) in [5.74, 6) is -0.631. The van der Waals surface area contributed by atoms with E-state index < -0.39 is 11.6 Å². The minimum atomic E-state index is -1.68. The Morgan fingerprint density at radius 2 is 1.93 bits per heavy atom. The molecule has 0 aromatic rings. The molecule has 0 aliphatic carbocycles. The van der Waals surface area contributed by atoms with Crippen molar-refractivity contribution >= 4 is 5.97 Å². The second-order valence-electron chi connectivity index (χ2n) is 4.49. The maximum atomic E-state index is 10.6. The van der Waals surface area contributed by atoms with Crippen molar-refractivity contribution in [3.8, 4) is 0 Å². The molecule has 0 rings (SSSR count). The van der Waals surface area contributed by atoms with Crippen molar-refractivity contribution in [2.75, 3.05) is 6.54 Å². The van der Waals surface area contributed by atoms with Crippen molar-refractivity contribution in [3.63, 3.8) is 0 Å². The number of nitrogens with one attached hydrogen (secondary N) is 1. The van der Waals surface area contributed by atoms with E-state index in [1.54, 1.807) is 0 Å². The molecule has 0 saturated heterocycles. The Morgan fingerprint density at radius 3 is 2.29 bits per heavy atom. The topological polar surface area (TPSA) is 69.6 Å². The molecule has 0 aromatic carbocycles. The summed E-state index contributed by atoms with van der Waals surface area (Å²) in [6.45, 7) is 7.57. The first-order chi connectivity index (χ1) is 6.25. The number of rotatable bonds is 6. The quantitative estimate of drug-likeness (QED) is 0.598. The smallest absolute Gasteiger partial charge is 0.336 e. The normalized spacial score (nSPS) is 17.9. The molecule has 2 atom stereocenters. The van der Waals surface area contributed by atoms with Gasteiger partial charge in [-0.2, -0.15) is 0 Å². The predicted octanol–water partition coefficient (Wildman–Crippen LogP) is 0.846. The predicted molar refractivity (Wildman–Crippen MR) is 55.2 cm³/mol. The first-order valence-electron chi connectivity index (χ1n) is 4.95. The van der Waals surface area contributed by atoms with Crippen LogP contribution >= 0.6 is 0 Å². The van der Waals surface area contributed by atoms with Crippen molar-refractivity contribution in [1.82, 2.24) is 5.32 Å². The van der Waals surface area contributed by atoms with E-state index in [1.165, 1.54) is 6.92 Å². The van der Waals surface area contributed by atoms with E-state index in [0.717, 1.165) is 6.42 Å². The van der Waals surface area contributed by atoms with Gasteiger partial charge in [-0.1, -0.05) is 13.8 Å². The molecule has 0 aliphatic rings. The van der Waals surface area contributed by atoms with Crippen LogP contribution in [0.2, 0.25) is 0 Å². The van der Waals surface area contributed by atoms with Crippen LogP contribution < -0.4 is 5.32 Å². The molecule has 0 fully saturated rings. The summed E-state index contributed by atoms with van der Waals surface area (Å²) < 4.78 is 0. The summed E-state index contributed by atoms with van der Waals surface area (Å²) in [7, 11) is 0. The maximum absolute atomic E-state index is 10.6. The highest BCUT2D eigenvalue weighted by atomic mass is 16.4. The Hall–Kier alpha value is -0.610. The Kier molecular flexibility index (Phi) is 5.08. The van der Waals surface area contributed by atoms with E-state index in [4.69, 9.17) is 5.11 Å². The van der Waals surface area contributed by atoms with Crippen molar-refractivity contribution in [3.05, 3.63) is 0 Å². The number of aliphatic carboxylic acids is 1.